The van der Waals surface area contributed by atoms with Gasteiger partial charge in [0.25, 0.3) is 5.91 Å². The summed E-state index contributed by atoms with van der Waals surface area (Å²) in [7, 11) is 0. The SMILES string of the molecule is CC1=C(c2cccnc2)CC(NC(=O)c2ccnc(C(C)(C)O)c2)(N2CCOCC2)C(OC2CCOCC2)=N1. The van der Waals surface area contributed by atoms with E-state index in [1.54, 1.807) is 38.4 Å². The summed E-state index contributed by atoms with van der Waals surface area (Å²) in [5.41, 5.74) is 1.34. The van der Waals surface area contributed by atoms with Crippen molar-refractivity contribution in [3.05, 3.63) is 65.4 Å². The van der Waals surface area contributed by atoms with Crippen LogP contribution in [0.25, 0.3) is 5.57 Å². The van der Waals surface area contributed by atoms with Gasteiger partial charge in [-0.1, -0.05) is 6.07 Å². The van der Waals surface area contributed by atoms with Crippen molar-refractivity contribution in [3.8, 4) is 0 Å². The fourth-order valence-electron chi connectivity index (χ4n) is 5.23. The molecule has 39 heavy (non-hydrogen) atoms. The van der Waals surface area contributed by atoms with E-state index in [9.17, 15) is 9.90 Å². The predicted molar refractivity (Wildman–Crippen MR) is 146 cm³/mol. The van der Waals surface area contributed by atoms with E-state index in [2.05, 4.69) is 20.2 Å². The number of hydrogen-bond donors (Lipinski definition) is 2. The van der Waals surface area contributed by atoms with Gasteiger partial charge in [-0.3, -0.25) is 19.7 Å². The maximum atomic E-state index is 14.0. The highest BCUT2D eigenvalue weighted by Crippen LogP contribution is 2.38. The molecule has 5 heterocycles. The number of morpholine rings is 1. The Kier molecular flexibility index (Phi) is 8.08. The van der Waals surface area contributed by atoms with Crippen molar-refractivity contribution in [1.82, 2.24) is 20.2 Å². The normalized spacial score (nSPS) is 23.3. The Balaban J connectivity index is 1.58. The van der Waals surface area contributed by atoms with Crippen molar-refractivity contribution in [2.45, 2.75) is 57.4 Å². The molecule has 208 valence electrons. The van der Waals surface area contributed by atoms with Crippen molar-refractivity contribution >= 4 is 17.4 Å². The zero-order chi connectivity index (χ0) is 27.5. The predicted octanol–water partition coefficient (Wildman–Crippen LogP) is 2.89. The number of pyridine rings is 2. The average molecular weight is 536 g/mol. The quantitative estimate of drug-likeness (QED) is 0.580. The molecule has 1 amide bonds. The number of aliphatic hydroxyl groups is 1. The molecular formula is C29H37N5O5. The summed E-state index contributed by atoms with van der Waals surface area (Å²) in [5, 5.41) is 13.8. The van der Waals surface area contributed by atoms with E-state index in [1.807, 2.05) is 25.3 Å². The number of carbonyl (C=O) groups excluding carboxylic acids is 1. The molecule has 0 aromatic carbocycles. The lowest BCUT2D eigenvalue weighted by Crippen LogP contribution is -2.69. The summed E-state index contributed by atoms with van der Waals surface area (Å²) in [6.07, 6.45) is 7.00. The Morgan fingerprint density at radius 3 is 2.59 bits per heavy atom. The molecule has 0 aliphatic carbocycles. The number of allylic oxidation sites excluding steroid dienone is 1. The van der Waals surface area contributed by atoms with Crippen molar-refractivity contribution in [2.75, 3.05) is 39.5 Å². The average Bonchev–Trinajstić information content (AvgIpc) is 2.95. The van der Waals surface area contributed by atoms with Crippen LogP contribution in [0, 0.1) is 0 Å². The van der Waals surface area contributed by atoms with Gasteiger partial charge in [0.1, 0.15) is 11.7 Å². The Labute approximate surface area is 229 Å². The molecule has 10 nitrogen and oxygen atoms in total. The van der Waals surface area contributed by atoms with Crippen LogP contribution in [0.15, 0.2) is 53.5 Å². The number of amides is 1. The van der Waals surface area contributed by atoms with E-state index >= 15 is 0 Å². The van der Waals surface area contributed by atoms with Gasteiger partial charge in [-0.05, 0) is 50.1 Å². The van der Waals surface area contributed by atoms with E-state index in [1.165, 1.54) is 0 Å². The van der Waals surface area contributed by atoms with Crippen LogP contribution >= 0.6 is 0 Å². The number of nitrogens with zero attached hydrogens (tertiary/aromatic N) is 4. The highest BCUT2D eigenvalue weighted by atomic mass is 16.5. The minimum atomic E-state index is -1.19. The van der Waals surface area contributed by atoms with E-state index < -0.39 is 11.3 Å². The second-order valence-corrected chi connectivity index (χ2v) is 10.7. The molecular weight excluding hydrogens is 498 g/mol. The van der Waals surface area contributed by atoms with Gasteiger partial charge in [0.2, 0.25) is 5.90 Å². The Hall–Kier alpha value is -3.18. The molecule has 0 bridgehead atoms. The number of nitrogens with one attached hydrogen (secondary N) is 1. The highest BCUT2D eigenvalue weighted by Gasteiger charge is 2.49. The van der Waals surface area contributed by atoms with E-state index in [0.29, 0.717) is 63.1 Å². The van der Waals surface area contributed by atoms with Gasteiger partial charge in [-0.25, -0.2) is 4.99 Å². The molecule has 2 N–H and O–H groups in total. The molecule has 0 saturated carbocycles. The first-order valence-electron chi connectivity index (χ1n) is 13.5. The first kappa shape index (κ1) is 27.4. The standard InChI is InChI=1S/C29H37N5O5/c1-20-24(22-5-4-9-30-19-22)18-29(34-11-15-38-16-12-34,27(32-20)39-23-7-13-37-14-8-23)33-26(35)21-6-10-31-25(17-21)28(2,3)36/h4-6,9-10,17,19,23,36H,7-8,11-16,18H2,1-3H3,(H,33,35). The lowest BCUT2D eigenvalue weighted by molar-refractivity contribution is -0.0281. The van der Waals surface area contributed by atoms with Crippen LogP contribution in [-0.4, -0.2) is 83.1 Å². The molecule has 0 radical (unpaired) electrons. The minimum absolute atomic E-state index is 0.0646. The molecule has 1 atom stereocenters. The third-order valence-corrected chi connectivity index (χ3v) is 7.47. The lowest BCUT2D eigenvalue weighted by Gasteiger charge is -2.48. The topological polar surface area (TPSA) is 118 Å². The molecule has 2 fully saturated rings. The first-order valence-corrected chi connectivity index (χ1v) is 13.5. The van der Waals surface area contributed by atoms with E-state index in [4.69, 9.17) is 19.2 Å². The fraction of sp³-hybridized carbons (Fsp3) is 0.517. The maximum Gasteiger partial charge on any atom is 0.253 e. The molecule has 3 aliphatic heterocycles. The van der Waals surface area contributed by atoms with Crippen molar-refractivity contribution in [2.24, 2.45) is 4.99 Å². The van der Waals surface area contributed by atoms with Gasteiger partial charge in [0, 0.05) is 62.2 Å². The van der Waals surface area contributed by atoms with Crippen LogP contribution in [0.2, 0.25) is 0 Å². The summed E-state index contributed by atoms with van der Waals surface area (Å²) in [5.74, 6) is 0.175. The Bertz CT molecular complexity index is 1230. The maximum absolute atomic E-state index is 14.0. The van der Waals surface area contributed by atoms with Crippen LogP contribution in [0.4, 0.5) is 0 Å². The number of hydrogen-bond acceptors (Lipinski definition) is 9. The molecule has 3 aliphatic rings. The van der Waals surface area contributed by atoms with Crippen LogP contribution in [-0.2, 0) is 19.8 Å². The second kappa shape index (κ2) is 11.5. The number of rotatable bonds is 6. The Morgan fingerprint density at radius 2 is 1.90 bits per heavy atom. The van der Waals surface area contributed by atoms with Gasteiger partial charge in [-0.2, -0.15) is 0 Å². The molecule has 2 aromatic rings. The summed E-state index contributed by atoms with van der Waals surface area (Å²) in [6, 6.07) is 7.19. The fourth-order valence-corrected chi connectivity index (χ4v) is 5.23. The van der Waals surface area contributed by atoms with Crippen LogP contribution < -0.4 is 5.32 Å². The molecule has 1 unspecified atom stereocenters. The molecule has 0 spiro atoms. The zero-order valence-corrected chi connectivity index (χ0v) is 22.9. The van der Waals surface area contributed by atoms with Gasteiger partial charge in [0.05, 0.1) is 32.1 Å². The third-order valence-electron chi connectivity index (χ3n) is 7.47. The number of aromatic nitrogens is 2. The molecule has 2 aromatic heterocycles. The molecule has 5 rings (SSSR count). The largest absolute Gasteiger partial charge is 0.475 e. The first-order chi connectivity index (χ1) is 18.8. The van der Waals surface area contributed by atoms with Crippen molar-refractivity contribution in [1.29, 1.82) is 0 Å². The van der Waals surface area contributed by atoms with Crippen molar-refractivity contribution < 1.29 is 24.1 Å². The van der Waals surface area contributed by atoms with Crippen LogP contribution in [0.3, 0.4) is 0 Å². The molecule has 2 saturated heterocycles. The monoisotopic (exact) mass is 535 g/mol. The van der Waals surface area contributed by atoms with Gasteiger partial charge in [-0.15, -0.1) is 0 Å². The molecule has 10 heteroatoms. The number of ether oxygens (including phenoxy) is 3. The second-order valence-electron chi connectivity index (χ2n) is 10.7. The number of carbonyl (C=O) groups is 1. The zero-order valence-electron chi connectivity index (χ0n) is 22.9. The number of aliphatic imine (C=N–C) groups is 1. The minimum Gasteiger partial charge on any atom is -0.475 e. The van der Waals surface area contributed by atoms with Crippen LogP contribution in [0.5, 0.6) is 0 Å². The summed E-state index contributed by atoms with van der Waals surface area (Å²) >= 11 is 0. The smallest absolute Gasteiger partial charge is 0.253 e. The summed E-state index contributed by atoms with van der Waals surface area (Å²) < 4.78 is 17.9. The van der Waals surface area contributed by atoms with Crippen LogP contribution in [0.1, 0.15) is 61.6 Å². The van der Waals surface area contributed by atoms with Gasteiger partial charge in [0.15, 0.2) is 5.66 Å². The third kappa shape index (κ3) is 6.04. The van der Waals surface area contributed by atoms with Gasteiger partial charge >= 0.3 is 0 Å². The summed E-state index contributed by atoms with van der Waals surface area (Å²) in [6.45, 7) is 8.78. The van der Waals surface area contributed by atoms with Crippen molar-refractivity contribution in [3.63, 3.8) is 0 Å². The highest BCUT2D eigenvalue weighted by molar-refractivity contribution is 6.01. The van der Waals surface area contributed by atoms with Gasteiger partial charge < -0.3 is 24.6 Å². The lowest BCUT2D eigenvalue weighted by atomic mass is 9.88. The van der Waals surface area contributed by atoms with E-state index in [-0.39, 0.29) is 12.0 Å². The summed E-state index contributed by atoms with van der Waals surface area (Å²) in [4.78, 5) is 29.8. The van der Waals surface area contributed by atoms with E-state index in [0.717, 1.165) is 29.7 Å². The Morgan fingerprint density at radius 1 is 1.15 bits per heavy atom.